The van der Waals surface area contributed by atoms with Crippen molar-refractivity contribution in [3.63, 3.8) is 0 Å². The van der Waals surface area contributed by atoms with E-state index in [4.69, 9.17) is 15.8 Å². The lowest BCUT2D eigenvalue weighted by atomic mass is 10.0. The summed E-state index contributed by atoms with van der Waals surface area (Å²) in [7, 11) is 0. The van der Waals surface area contributed by atoms with E-state index in [-0.39, 0.29) is 11.3 Å². The molecule has 1 aromatic carbocycles. The number of halogens is 1. The number of nitrogens with one attached hydrogen (secondary N) is 1. The summed E-state index contributed by atoms with van der Waals surface area (Å²) in [6, 6.07) is 7.23. The summed E-state index contributed by atoms with van der Waals surface area (Å²) in [5.74, 6) is 0. The minimum Gasteiger partial charge on any atom is -0.345 e. The first-order valence-electron chi connectivity index (χ1n) is 5.44. The summed E-state index contributed by atoms with van der Waals surface area (Å²) >= 11 is 3.48. The molecule has 0 heterocycles. The summed E-state index contributed by atoms with van der Waals surface area (Å²) < 4.78 is 0.938. The minimum atomic E-state index is -0.224. The molecule has 0 amide bonds. The number of allylic oxidation sites excluding steroid dienone is 2. The van der Waals surface area contributed by atoms with E-state index in [0.717, 1.165) is 26.9 Å². The van der Waals surface area contributed by atoms with E-state index in [1.807, 2.05) is 32.9 Å². The van der Waals surface area contributed by atoms with Gasteiger partial charge in [-0.25, -0.2) is 0 Å². The van der Waals surface area contributed by atoms with Gasteiger partial charge in [0.1, 0.15) is 23.9 Å². The second-order valence-corrected chi connectivity index (χ2v) is 4.83. The molecule has 0 aromatic heterocycles. The fourth-order valence-electron chi connectivity index (χ4n) is 1.76. The van der Waals surface area contributed by atoms with Crippen LogP contribution < -0.4 is 5.32 Å². The number of nitriles is 3. The van der Waals surface area contributed by atoms with Crippen molar-refractivity contribution in [3.8, 4) is 18.2 Å². The van der Waals surface area contributed by atoms with Gasteiger partial charge in [-0.15, -0.1) is 0 Å². The van der Waals surface area contributed by atoms with Crippen molar-refractivity contribution in [2.45, 2.75) is 20.8 Å². The molecule has 0 aliphatic carbocycles. The standard InChI is InChI=1S/C14H11BrN4/c1-8-4-9(2)14(10(3)13(8)15)19-12(7-18)11(5-16)6-17/h4,19H,1-3H3. The number of hydrogen-bond donors (Lipinski definition) is 1. The Morgan fingerprint density at radius 3 is 2.11 bits per heavy atom. The van der Waals surface area contributed by atoms with Crippen molar-refractivity contribution < 1.29 is 0 Å². The van der Waals surface area contributed by atoms with Gasteiger partial charge in [-0.3, -0.25) is 0 Å². The van der Waals surface area contributed by atoms with Gasteiger partial charge in [0, 0.05) is 10.2 Å². The molecule has 0 fully saturated rings. The van der Waals surface area contributed by atoms with Crippen LogP contribution in [0.1, 0.15) is 16.7 Å². The fourth-order valence-corrected chi connectivity index (χ4v) is 2.07. The van der Waals surface area contributed by atoms with Crippen molar-refractivity contribution in [1.29, 1.82) is 15.8 Å². The highest BCUT2D eigenvalue weighted by Gasteiger charge is 2.12. The maximum absolute atomic E-state index is 9.04. The average molecular weight is 315 g/mol. The summed E-state index contributed by atoms with van der Waals surface area (Å²) in [5, 5.41) is 29.5. The quantitative estimate of drug-likeness (QED) is 0.845. The van der Waals surface area contributed by atoms with Crippen LogP contribution in [0.4, 0.5) is 5.69 Å². The van der Waals surface area contributed by atoms with Crippen molar-refractivity contribution in [2.24, 2.45) is 0 Å². The third-order valence-electron chi connectivity index (χ3n) is 2.71. The average Bonchev–Trinajstić information content (AvgIpc) is 2.40. The van der Waals surface area contributed by atoms with Crippen LogP contribution >= 0.6 is 15.9 Å². The predicted molar refractivity (Wildman–Crippen MR) is 75.8 cm³/mol. The van der Waals surface area contributed by atoms with Gasteiger partial charge in [0.2, 0.25) is 0 Å². The van der Waals surface area contributed by atoms with Gasteiger partial charge >= 0.3 is 0 Å². The Kier molecular flexibility index (Phi) is 4.70. The van der Waals surface area contributed by atoms with Crippen LogP contribution in [0.2, 0.25) is 0 Å². The molecule has 0 saturated heterocycles. The van der Waals surface area contributed by atoms with Crippen molar-refractivity contribution in [3.05, 3.63) is 38.5 Å². The Labute approximate surface area is 120 Å². The van der Waals surface area contributed by atoms with E-state index in [0.29, 0.717) is 0 Å². The van der Waals surface area contributed by atoms with Crippen LogP contribution in [0, 0.1) is 54.8 Å². The zero-order chi connectivity index (χ0) is 14.6. The van der Waals surface area contributed by atoms with Gasteiger partial charge < -0.3 is 5.32 Å². The number of nitrogens with zero attached hydrogens (tertiary/aromatic N) is 3. The Balaban J connectivity index is 3.41. The third kappa shape index (κ3) is 2.94. The number of hydrogen-bond acceptors (Lipinski definition) is 4. The molecule has 0 spiro atoms. The van der Waals surface area contributed by atoms with Crippen molar-refractivity contribution in [2.75, 3.05) is 5.32 Å². The Hall–Kier alpha value is -2.29. The number of rotatable bonds is 2. The maximum atomic E-state index is 9.04. The first-order valence-corrected chi connectivity index (χ1v) is 6.23. The van der Waals surface area contributed by atoms with E-state index in [9.17, 15) is 0 Å². The van der Waals surface area contributed by atoms with Crippen molar-refractivity contribution in [1.82, 2.24) is 0 Å². The molecule has 94 valence electrons. The Morgan fingerprint density at radius 2 is 1.63 bits per heavy atom. The molecule has 0 saturated carbocycles. The molecular formula is C14H11BrN4. The lowest BCUT2D eigenvalue weighted by molar-refractivity contribution is 1.26. The molecule has 1 rings (SSSR count). The van der Waals surface area contributed by atoms with E-state index in [2.05, 4.69) is 21.2 Å². The molecule has 19 heavy (non-hydrogen) atoms. The second kappa shape index (κ2) is 6.05. The monoisotopic (exact) mass is 314 g/mol. The second-order valence-electron chi connectivity index (χ2n) is 4.03. The van der Waals surface area contributed by atoms with E-state index in [1.54, 1.807) is 12.1 Å². The fraction of sp³-hybridized carbons (Fsp3) is 0.214. The Morgan fingerprint density at radius 1 is 1.05 bits per heavy atom. The molecule has 0 aliphatic rings. The zero-order valence-electron chi connectivity index (χ0n) is 10.8. The van der Waals surface area contributed by atoms with Gasteiger partial charge in [0.25, 0.3) is 0 Å². The van der Waals surface area contributed by atoms with Gasteiger partial charge in [0.05, 0.1) is 0 Å². The molecule has 0 unspecified atom stereocenters. The third-order valence-corrected chi connectivity index (χ3v) is 3.93. The summed E-state index contributed by atoms with van der Waals surface area (Å²) in [4.78, 5) is 0. The van der Waals surface area contributed by atoms with Crippen molar-refractivity contribution >= 4 is 21.6 Å². The van der Waals surface area contributed by atoms with Crippen LogP contribution in [0.3, 0.4) is 0 Å². The highest BCUT2D eigenvalue weighted by molar-refractivity contribution is 9.10. The van der Waals surface area contributed by atoms with E-state index in [1.165, 1.54) is 0 Å². The van der Waals surface area contributed by atoms with Gasteiger partial charge in [-0.1, -0.05) is 22.0 Å². The first-order chi connectivity index (χ1) is 8.96. The highest BCUT2D eigenvalue weighted by atomic mass is 79.9. The molecule has 1 N–H and O–H groups in total. The molecule has 4 nitrogen and oxygen atoms in total. The minimum absolute atomic E-state index is 0.0352. The molecule has 0 radical (unpaired) electrons. The van der Waals surface area contributed by atoms with E-state index < -0.39 is 0 Å². The van der Waals surface area contributed by atoms with Gasteiger partial charge in [-0.05, 0) is 37.5 Å². The largest absolute Gasteiger partial charge is 0.345 e. The number of benzene rings is 1. The van der Waals surface area contributed by atoms with Gasteiger partial charge in [0.15, 0.2) is 5.57 Å². The van der Waals surface area contributed by atoms with E-state index >= 15 is 0 Å². The molecule has 1 aromatic rings. The van der Waals surface area contributed by atoms with Crippen LogP contribution in [0.15, 0.2) is 21.8 Å². The lowest BCUT2D eigenvalue weighted by Gasteiger charge is -2.15. The van der Waals surface area contributed by atoms with Crippen LogP contribution in [-0.2, 0) is 0 Å². The van der Waals surface area contributed by atoms with Crippen LogP contribution in [0.5, 0.6) is 0 Å². The Bertz CT molecular complexity index is 665. The lowest BCUT2D eigenvalue weighted by Crippen LogP contribution is -2.05. The maximum Gasteiger partial charge on any atom is 0.163 e. The predicted octanol–water partition coefficient (Wildman–Crippen LogP) is 3.61. The SMILES string of the molecule is Cc1cc(C)c(NC(C#N)=C(C#N)C#N)c(C)c1Br. The number of anilines is 1. The van der Waals surface area contributed by atoms with Crippen LogP contribution in [0.25, 0.3) is 0 Å². The summed E-state index contributed by atoms with van der Waals surface area (Å²) in [5.41, 5.74) is 3.44. The molecule has 0 atom stereocenters. The summed E-state index contributed by atoms with van der Waals surface area (Å²) in [6.07, 6.45) is 0. The first kappa shape index (κ1) is 14.8. The normalized spacial score (nSPS) is 8.89. The smallest absolute Gasteiger partial charge is 0.163 e. The van der Waals surface area contributed by atoms with Crippen LogP contribution in [-0.4, -0.2) is 0 Å². The highest BCUT2D eigenvalue weighted by Crippen LogP contribution is 2.31. The summed E-state index contributed by atoms with van der Waals surface area (Å²) in [6.45, 7) is 5.78. The number of aryl methyl sites for hydroxylation is 2. The molecule has 5 heteroatoms. The topological polar surface area (TPSA) is 83.4 Å². The zero-order valence-corrected chi connectivity index (χ0v) is 12.4. The molecule has 0 bridgehead atoms. The van der Waals surface area contributed by atoms with Gasteiger partial charge in [-0.2, -0.15) is 15.8 Å². The molecule has 0 aliphatic heterocycles. The molecular weight excluding hydrogens is 304 g/mol.